The van der Waals surface area contributed by atoms with E-state index in [2.05, 4.69) is 21.2 Å². The number of amides is 2. The summed E-state index contributed by atoms with van der Waals surface area (Å²) in [5.41, 5.74) is 1.79. The van der Waals surface area contributed by atoms with Gasteiger partial charge in [-0.05, 0) is 49.2 Å². The summed E-state index contributed by atoms with van der Waals surface area (Å²) in [5.74, 6) is -0.240. The number of nitrogens with zero attached hydrogens (tertiary/aromatic N) is 2. The van der Waals surface area contributed by atoms with Gasteiger partial charge in [0.25, 0.3) is 0 Å². The standard InChI is InChI=1S/C30H36BrN3O6S/c1-21(2)32-30(36)27(17-22-9-7-6-8-10-22)33(19-23-11-13-24(31)14-12-23)29(35)20-34(41(5,37)38)26-18-25(39-3)15-16-28(26)40-4/h6-16,18,21,27H,17,19-20H2,1-5H3,(H,32,36)/t27-/m1/s1. The van der Waals surface area contributed by atoms with Crippen LogP contribution >= 0.6 is 15.9 Å². The van der Waals surface area contributed by atoms with Crippen LogP contribution in [0, 0.1) is 0 Å². The van der Waals surface area contributed by atoms with Crippen molar-refractivity contribution in [2.75, 3.05) is 31.3 Å². The molecule has 0 aliphatic carbocycles. The first-order valence-corrected chi connectivity index (χ1v) is 15.6. The zero-order valence-corrected chi connectivity index (χ0v) is 26.2. The molecule has 41 heavy (non-hydrogen) atoms. The first-order chi connectivity index (χ1) is 19.4. The number of halogens is 1. The van der Waals surface area contributed by atoms with Gasteiger partial charge in [-0.3, -0.25) is 13.9 Å². The van der Waals surface area contributed by atoms with E-state index >= 15 is 0 Å². The van der Waals surface area contributed by atoms with Gasteiger partial charge in [0.15, 0.2) is 0 Å². The van der Waals surface area contributed by atoms with Crippen LogP contribution in [-0.2, 0) is 32.6 Å². The molecule has 11 heteroatoms. The fourth-order valence-electron chi connectivity index (χ4n) is 4.31. The highest BCUT2D eigenvalue weighted by Crippen LogP contribution is 2.34. The number of hydrogen-bond acceptors (Lipinski definition) is 6. The van der Waals surface area contributed by atoms with Gasteiger partial charge in [0.05, 0.1) is 26.2 Å². The van der Waals surface area contributed by atoms with E-state index in [0.717, 1.165) is 26.2 Å². The zero-order chi connectivity index (χ0) is 30.2. The molecule has 1 N–H and O–H groups in total. The van der Waals surface area contributed by atoms with E-state index in [0.29, 0.717) is 5.75 Å². The van der Waals surface area contributed by atoms with Gasteiger partial charge in [0, 0.05) is 29.5 Å². The lowest BCUT2D eigenvalue weighted by atomic mass is 10.0. The average molecular weight is 647 g/mol. The summed E-state index contributed by atoms with van der Waals surface area (Å²) < 4.78 is 38.7. The normalized spacial score (nSPS) is 12.0. The predicted octanol–water partition coefficient (Wildman–Crippen LogP) is 4.40. The molecule has 0 bridgehead atoms. The van der Waals surface area contributed by atoms with Crippen molar-refractivity contribution in [3.63, 3.8) is 0 Å². The second kappa shape index (κ2) is 14.4. The number of methoxy groups -OCH3 is 2. The van der Waals surface area contributed by atoms with E-state index in [4.69, 9.17) is 9.47 Å². The fourth-order valence-corrected chi connectivity index (χ4v) is 5.42. The number of anilines is 1. The molecular weight excluding hydrogens is 610 g/mol. The molecule has 0 aliphatic heterocycles. The van der Waals surface area contributed by atoms with Gasteiger partial charge in [-0.15, -0.1) is 0 Å². The number of sulfonamides is 1. The van der Waals surface area contributed by atoms with E-state index in [-0.39, 0.29) is 36.4 Å². The lowest BCUT2D eigenvalue weighted by molar-refractivity contribution is -0.140. The number of ether oxygens (including phenoxy) is 2. The Morgan fingerprint density at radius 2 is 1.59 bits per heavy atom. The molecule has 220 valence electrons. The van der Waals surface area contributed by atoms with Gasteiger partial charge >= 0.3 is 0 Å². The summed E-state index contributed by atoms with van der Waals surface area (Å²) in [7, 11) is -1.09. The number of carbonyl (C=O) groups is 2. The van der Waals surface area contributed by atoms with Crippen molar-refractivity contribution in [2.45, 2.75) is 38.9 Å². The summed E-state index contributed by atoms with van der Waals surface area (Å²) in [6.07, 6.45) is 1.26. The van der Waals surface area contributed by atoms with Crippen molar-refractivity contribution >= 4 is 43.5 Å². The van der Waals surface area contributed by atoms with E-state index < -0.39 is 28.5 Å². The predicted molar refractivity (Wildman–Crippen MR) is 164 cm³/mol. The average Bonchev–Trinajstić information content (AvgIpc) is 2.93. The molecule has 0 saturated heterocycles. The maximum absolute atomic E-state index is 14.2. The SMILES string of the molecule is COc1ccc(OC)c(N(CC(=O)N(Cc2ccc(Br)cc2)[C@H](Cc2ccccc2)C(=O)NC(C)C)S(C)(=O)=O)c1. The van der Waals surface area contributed by atoms with Crippen LogP contribution in [0.5, 0.6) is 11.5 Å². The van der Waals surface area contributed by atoms with Crippen molar-refractivity contribution in [3.05, 3.63) is 88.4 Å². The van der Waals surface area contributed by atoms with Crippen molar-refractivity contribution in [3.8, 4) is 11.5 Å². The van der Waals surface area contributed by atoms with Crippen LogP contribution in [0.25, 0.3) is 0 Å². The van der Waals surface area contributed by atoms with Crippen LogP contribution < -0.4 is 19.1 Å². The second-order valence-electron chi connectivity index (χ2n) is 9.82. The molecule has 3 rings (SSSR count). The quantitative estimate of drug-likeness (QED) is 0.296. The summed E-state index contributed by atoms with van der Waals surface area (Å²) in [5, 5.41) is 2.93. The Balaban J connectivity index is 2.10. The van der Waals surface area contributed by atoms with Crippen LogP contribution in [-0.4, -0.2) is 64.2 Å². The van der Waals surface area contributed by atoms with Crippen LogP contribution in [0.15, 0.2) is 77.3 Å². The Morgan fingerprint density at radius 3 is 2.15 bits per heavy atom. The molecule has 3 aromatic rings. The summed E-state index contributed by atoms with van der Waals surface area (Å²) in [6, 6.07) is 20.4. The highest BCUT2D eigenvalue weighted by atomic mass is 79.9. The van der Waals surface area contributed by atoms with E-state index in [1.807, 2.05) is 68.4 Å². The molecular formula is C30H36BrN3O6S. The van der Waals surface area contributed by atoms with Gasteiger partial charge in [0.1, 0.15) is 24.1 Å². The molecule has 0 spiro atoms. The van der Waals surface area contributed by atoms with Gasteiger partial charge in [-0.2, -0.15) is 0 Å². The molecule has 0 unspecified atom stereocenters. The number of hydrogen-bond donors (Lipinski definition) is 1. The Hall–Kier alpha value is -3.57. The third kappa shape index (κ3) is 8.96. The van der Waals surface area contributed by atoms with Gasteiger partial charge in [0.2, 0.25) is 21.8 Å². The Bertz CT molecular complexity index is 1430. The second-order valence-corrected chi connectivity index (χ2v) is 12.6. The molecule has 0 aromatic heterocycles. The molecule has 0 heterocycles. The van der Waals surface area contributed by atoms with Crippen LogP contribution in [0.2, 0.25) is 0 Å². The molecule has 9 nitrogen and oxygen atoms in total. The van der Waals surface area contributed by atoms with E-state index in [1.165, 1.54) is 25.2 Å². The summed E-state index contributed by atoms with van der Waals surface area (Å²) in [4.78, 5) is 29.2. The highest BCUT2D eigenvalue weighted by molar-refractivity contribution is 9.10. The summed E-state index contributed by atoms with van der Waals surface area (Å²) in [6.45, 7) is 3.22. The van der Waals surface area contributed by atoms with Crippen molar-refractivity contribution < 1.29 is 27.5 Å². The van der Waals surface area contributed by atoms with Gasteiger partial charge < -0.3 is 19.7 Å². The number of rotatable bonds is 13. The third-order valence-electron chi connectivity index (χ3n) is 6.30. The first kappa shape index (κ1) is 32.0. The lowest BCUT2D eigenvalue weighted by Gasteiger charge is -2.34. The minimum absolute atomic E-state index is 0.0853. The Morgan fingerprint density at radius 1 is 0.927 bits per heavy atom. The lowest BCUT2D eigenvalue weighted by Crippen LogP contribution is -2.54. The molecule has 2 amide bonds. The Labute approximate surface area is 250 Å². The minimum atomic E-state index is -3.96. The number of carbonyl (C=O) groups excluding carboxylic acids is 2. The Kier molecular flexibility index (Phi) is 11.2. The molecule has 3 aromatic carbocycles. The minimum Gasteiger partial charge on any atom is -0.497 e. The topological polar surface area (TPSA) is 105 Å². The van der Waals surface area contributed by atoms with Gasteiger partial charge in [-0.1, -0.05) is 58.4 Å². The highest BCUT2D eigenvalue weighted by Gasteiger charge is 2.34. The number of benzene rings is 3. The monoisotopic (exact) mass is 645 g/mol. The fraction of sp³-hybridized carbons (Fsp3) is 0.333. The molecule has 0 radical (unpaired) electrons. The van der Waals surface area contributed by atoms with Crippen LogP contribution in [0.3, 0.4) is 0 Å². The maximum Gasteiger partial charge on any atom is 0.244 e. The molecule has 0 aliphatic rings. The van der Waals surface area contributed by atoms with Crippen molar-refractivity contribution in [1.82, 2.24) is 10.2 Å². The number of nitrogens with one attached hydrogen (secondary N) is 1. The first-order valence-electron chi connectivity index (χ1n) is 13.0. The third-order valence-corrected chi connectivity index (χ3v) is 7.96. The molecule has 1 atom stereocenters. The maximum atomic E-state index is 14.2. The van der Waals surface area contributed by atoms with Crippen LogP contribution in [0.4, 0.5) is 5.69 Å². The van der Waals surface area contributed by atoms with Gasteiger partial charge in [-0.25, -0.2) is 8.42 Å². The smallest absolute Gasteiger partial charge is 0.244 e. The van der Waals surface area contributed by atoms with E-state index in [9.17, 15) is 18.0 Å². The van der Waals surface area contributed by atoms with E-state index in [1.54, 1.807) is 12.1 Å². The molecule has 0 saturated carbocycles. The van der Waals surface area contributed by atoms with Crippen molar-refractivity contribution in [2.24, 2.45) is 0 Å². The summed E-state index contributed by atoms with van der Waals surface area (Å²) >= 11 is 3.43. The van der Waals surface area contributed by atoms with Crippen LogP contribution in [0.1, 0.15) is 25.0 Å². The molecule has 0 fully saturated rings. The zero-order valence-electron chi connectivity index (χ0n) is 23.8. The van der Waals surface area contributed by atoms with Crippen molar-refractivity contribution in [1.29, 1.82) is 0 Å². The largest absolute Gasteiger partial charge is 0.497 e.